The summed E-state index contributed by atoms with van der Waals surface area (Å²) in [5, 5.41) is 0.460. The predicted molar refractivity (Wildman–Crippen MR) is 81.2 cm³/mol. The molecule has 6 heteroatoms. The summed E-state index contributed by atoms with van der Waals surface area (Å²) in [7, 11) is 0. The van der Waals surface area contributed by atoms with Gasteiger partial charge in [0.15, 0.2) is 5.78 Å². The van der Waals surface area contributed by atoms with Crippen molar-refractivity contribution in [2.45, 2.75) is 6.42 Å². The van der Waals surface area contributed by atoms with E-state index in [4.69, 9.17) is 11.6 Å². The van der Waals surface area contributed by atoms with Crippen molar-refractivity contribution in [2.75, 3.05) is 0 Å². The molecule has 104 valence electrons. The van der Waals surface area contributed by atoms with Crippen molar-refractivity contribution in [1.82, 2.24) is 0 Å². The fraction of sp³-hybridized carbons (Fsp3) is 0.0714. The van der Waals surface area contributed by atoms with Crippen molar-refractivity contribution in [3.05, 3.63) is 67.1 Å². The molecular formula is C14H7Br2ClF2O. The number of Topliss-reactive ketones (excluding diaryl/α,β-unsaturated/α-hetero) is 1. The van der Waals surface area contributed by atoms with E-state index >= 15 is 0 Å². The van der Waals surface area contributed by atoms with Crippen LogP contribution in [0.25, 0.3) is 0 Å². The lowest BCUT2D eigenvalue weighted by molar-refractivity contribution is 0.0990. The molecular weight excluding hydrogens is 417 g/mol. The summed E-state index contributed by atoms with van der Waals surface area (Å²) in [5.74, 6) is -1.89. The third-order valence-corrected chi connectivity index (χ3v) is 4.54. The lowest BCUT2D eigenvalue weighted by atomic mass is 10.0. The van der Waals surface area contributed by atoms with Gasteiger partial charge in [0.1, 0.15) is 11.6 Å². The zero-order chi connectivity index (χ0) is 14.9. The molecule has 0 amide bonds. The van der Waals surface area contributed by atoms with Gasteiger partial charge in [0, 0.05) is 22.0 Å². The molecule has 0 aliphatic heterocycles. The van der Waals surface area contributed by atoms with Gasteiger partial charge in [-0.2, -0.15) is 0 Å². The quantitative estimate of drug-likeness (QED) is 0.465. The highest BCUT2D eigenvalue weighted by Crippen LogP contribution is 2.26. The van der Waals surface area contributed by atoms with Gasteiger partial charge in [-0.3, -0.25) is 4.79 Å². The van der Waals surface area contributed by atoms with Crippen molar-refractivity contribution in [2.24, 2.45) is 0 Å². The Kier molecular flexibility index (Phi) is 4.94. The number of carbonyl (C=O) groups excluding carboxylic acids is 1. The molecule has 2 aromatic carbocycles. The van der Waals surface area contributed by atoms with Gasteiger partial charge >= 0.3 is 0 Å². The molecule has 2 rings (SSSR count). The van der Waals surface area contributed by atoms with E-state index in [2.05, 4.69) is 31.9 Å². The molecule has 20 heavy (non-hydrogen) atoms. The Balaban J connectivity index is 2.32. The smallest absolute Gasteiger partial charge is 0.167 e. The molecule has 0 N–H and O–H groups in total. The predicted octanol–water partition coefficient (Wildman–Crippen LogP) is 5.57. The zero-order valence-electron chi connectivity index (χ0n) is 9.89. The summed E-state index contributed by atoms with van der Waals surface area (Å²) in [5.41, 5.74) is 0.0792. The minimum Gasteiger partial charge on any atom is -0.294 e. The Labute approximate surface area is 136 Å². The average Bonchev–Trinajstić information content (AvgIpc) is 2.42. The first-order chi connectivity index (χ1) is 9.40. The third kappa shape index (κ3) is 3.27. The summed E-state index contributed by atoms with van der Waals surface area (Å²) in [4.78, 5) is 12.1. The number of benzene rings is 2. The van der Waals surface area contributed by atoms with Crippen LogP contribution in [0.3, 0.4) is 0 Å². The van der Waals surface area contributed by atoms with Gasteiger partial charge in [-0.15, -0.1) is 0 Å². The largest absolute Gasteiger partial charge is 0.294 e. The second kappa shape index (κ2) is 6.33. The summed E-state index contributed by atoms with van der Waals surface area (Å²) >= 11 is 12.0. The van der Waals surface area contributed by atoms with E-state index in [0.717, 1.165) is 6.07 Å². The van der Waals surface area contributed by atoms with Gasteiger partial charge in [0.05, 0.1) is 9.50 Å². The Bertz CT molecular complexity index is 689. The fourth-order valence-electron chi connectivity index (χ4n) is 1.66. The lowest BCUT2D eigenvalue weighted by Crippen LogP contribution is -2.08. The van der Waals surface area contributed by atoms with E-state index in [0.29, 0.717) is 15.1 Å². The van der Waals surface area contributed by atoms with Crippen LogP contribution in [0.4, 0.5) is 8.78 Å². The zero-order valence-corrected chi connectivity index (χ0v) is 13.8. The van der Waals surface area contributed by atoms with E-state index in [9.17, 15) is 13.6 Å². The molecule has 0 unspecified atom stereocenters. The van der Waals surface area contributed by atoms with Gasteiger partial charge in [0.2, 0.25) is 0 Å². The van der Waals surface area contributed by atoms with Crippen LogP contribution in [0, 0.1) is 11.6 Å². The second-order valence-corrected chi connectivity index (χ2v) is 6.17. The number of hydrogen-bond acceptors (Lipinski definition) is 1. The third-order valence-electron chi connectivity index (χ3n) is 2.72. The van der Waals surface area contributed by atoms with Crippen LogP contribution in [0.2, 0.25) is 5.02 Å². The van der Waals surface area contributed by atoms with Crippen LogP contribution >= 0.6 is 43.5 Å². The van der Waals surface area contributed by atoms with Gasteiger partial charge in [-0.1, -0.05) is 11.6 Å². The minimum absolute atomic E-state index is 0.124. The first kappa shape index (κ1) is 15.6. The first-order valence-electron chi connectivity index (χ1n) is 5.50. The lowest BCUT2D eigenvalue weighted by Gasteiger charge is -2.07. The number of hydrogen-bond donors (Lipinski definition) is 0. The SMILES string of the molecule is O=C(Cc1c(F)ccc(Br)c1F)c1ccc(Cl)c(Br)c1. The van der Waals surface area contributed by atoms with Crippen LogP contribution in [0.1, 0.15) is 15.9 Å². The molecule has 0 aliphatic rings. The fourth-order valence-corrected chi connectivity index (χ4v) is 2.53. The van der Waals surface area contributed by atoms with Gasteiger partial charge in [0.25, 0.3) is 0 Å². The van der Waals surface area contributed by atoms with Crippen molar-refractivity contribution < 1.29 is 13.6 Å². The molecule has 0 atom stereocenters. The summed E-state index contributed by atoms with van der Waals surface area (Å²) in [6, 6.07) is 6.97. The molecule has 0 aliphatic carbocycles. The standard InChI is InChI=1S/C14H7Br2ClF2O/c15-9-2-4-12(18)8(14(9)19)6-13(20)7-1-3-11(17)10(16)5-7/h1-5H,6H2. The molecule has 2 aromatic rings. The minimum atomic E-state index is -0.758. The Morgan fingerprint density at radius 2 is 1.80 bits per heavy atom. The van der Waals surface area contributed by atoms with Crippen LogP contribution in [-0.4, -0.2) is 5.78 Å². The number of carbonyl (C=O) groups is 1. The molecule has 0 fully saturated rings. The Morgan fingerprint density at radius 1 is 1.10 bits per heavy atom. The molecule has 0 radical (unpaired) electrons. The highest BCUT2D eigenvalue weighted by atomic mass is 79.9. The first-order valence-corrected chi connectivity index (χ1v) is 7.47. The molecule has 0 aromatic heterocycles. The van der Waals surface area contributed by atoms with Gasteiger partial charge in [-0.05, 0) is 62.2 Å². The molecule has 0 saturated carbocycles. The van der Waals surface area contributed by atoms with Crippen LogP contribution in [0.15, 0.2) is 39.3 Å². The van der Waals surface area contributed by atoms with E-state index in [1.165, 1.54) is 18.2 Å². The van der Waals surface area contributed by atoms with Crippen LogP contribution < -0.4 is 0 Å². The summed E-state index contributed by atoms with van der Waals surface area (Å²) < 4.78 is 28.1. The van der Waals surface area contributed by atoms with Crippen LogP contribution in [-0.2, 0) is 6.42 Å². The second-order valence-electron chi connectivity index (χ2n) is 4.05. The number of rotatable bonds is 3. The van der Waals surface area contributed by atoms with E-state index < -0.39 is 17.4 Å². The van der Waals surface area contributed by atoms with Crippen molar-refractivity contribution in [3.63, 3.8) is 0 Å². The van der Waals surface area contributed by atoms with Gasteiger partial charge < -0.3 is 0 Å². The van der Waals surface area contributed by atoms with Crippen molar-refractivity contribution in [3.8, 4) is 0 Å². The Morgan fingerprint density at radius 3 is 2.45 bits per heavy atom. The summed E-state index contributed by atoms with van der Waals surface area (Å²) in [6.45, 7) is 0. The monoisotopic (exact) mass is 422 g/mol. The normalized spacial score (nSPS) is 10.7. The number of halogens is 5. The maximum Gasteiger partial charge on any atom is 0.167 e. The van der Waals surface area contributed by atoms with E-state index in [1.54, 1.807) is 6.07 Å². The van der Waals surface area contributed by atoms with Crippen molar-refractivity contribution in [1.29, 1.82) is 0 Å². The van der Waals surface area contributed by atoms with Crippen LogP contribution in [0.5, 0.6) is 0 Å². The van der Waals surface area contributed by atoms with E-state index in [-0.39, 0.29) is 16.5 Å². The topological polar surface area (TPSA) is 17.1 Å². The highest BCUT2D eigenvalue weighted by Gasteiger charge is 2.17. The number of ketones is 1. The average molecular weight is 424 g/mol. The molecule has 0 spiro atoms. The maximum atomic E-state index is 13.8. The maximum absolute atomic E-state index is 13.8. The summed E-state index contributed by atoms with van der Waals surface area (Å²) in [6.07, 6.45) is -0.356. The molecule has 1 nitrogen and oxygen atoms in total. The Hall–Kier alpha value is -0.780. The van der Waals surface area contributed by atoms with E-state index in [1.807, 2.05) is 0 Å². The molecule has 0 bridgehead atoms. The van der Waals surface area contributed by atoms with Gasteiger partial charge in [-0.25, -0.2) is 8.78 Å². The molecule has 0 heterocycles. The highest BCUT2D eigenvalue weighted by molar-refractivity contribution is 9.10. The molecule has 0 saturated heterocycles. The van der Waals surface area contributed by atoms with Crippen molar-refractivity contribution >= 4 is 49.2 Å².